The second-order valence-electron chi connectivity index (χ2n) is 8.48. The van der Waals surface area contributed by atoms with Crippen LogP contribution in [0.25, 0.3) is 10.8 Å². The zero-order valence-corrected chi connectivity index (χ0v) is 17.9. The number of esters is 1. The van der Waals surface area contributed by atoms with Crippen LogP contribution in [0.4, 0.5) is 0 Å². The van der Waals surface area contributed by atoms with E-state index in [-0.39, 0.29) is 5.97 Å². The quantitative estimate of drug-likeness (QED) is 0.499. The fourth-order valence-electron chi connectivity index (χ4n) is 4.81. The molecule has 1 aliphatic rings. The molecule has 3 aromatic rings. The normalized spacial score (nSPS) is 19.7. The third kappa shape index (κ3) is 4.73. The van der Waals surface area contributed by atoms with E-state index in [0.717, 1.165) is 6.42 Å². The van der Waals surface area contributed by atoms with Crippen LogP contribution in [0.3, 0.4) is 0 Å². The number of hydrogen-bond acceptors (Lipinski definition) is 3. The largest absolute Gasteiger partial charge is 0.469 e. The van der Waals surface area contributed by atoms with E-state index in [1.165, 1.54) is 53.8 Å². The van der Waals surface area contributed by atoms with Gasteiger partial charge in [-0.3, -0.25) is 4.79 Å². The summed E-state index contributed by atoms with van der Waals surface area (Å²) in [5, 5.41) is 6.54. The monoisotopic (exact) mass is 401 g/mol. The van der Waals surface area contributed by atoms with E-state index in [1.54, 1.807) is 0 Å². The molecule has 0 bridgehead atoms. The molecule has 4 rings (SSSR count). The van der Waals surface area contributed by atoms with Crippen molar-refractivity contribution in [3.05, 3.63) is 83.4 Å². The summed E-state index contributed by atoms with van der Waals surface area (Å²) in [4.78, 5) is 11.3. The Bertz CT molecular complexity index is 990. The highest BCUT2D eigenvalue weighted by molar-refractivity contribution is 5.86. The molecule has 0 radical (unpaired) electrons. The molecule has 30 heavy (non-hydrogen) atoms. The molecule has 3 heteroatoms. The molecule has 1 aliphatic carbocycles. The lowest BCUT2D eigenvalue weighted by Gasteiger charge is -2.21. The average molecular weight is 402 g/mol. The molecule has 1 saturated carbocycles. The van der Waals surface area contributed by atoms with E-state index in [9.17, 15) is 4.79 Å². The first-order valence-corrected chi connectivity index (χ1v) is 11.0. The van der Waals surface area contributed by atoms with Gasteiger partial charge in [-0.2, -0.15) is 0 Å². The van der Waals surface area contributed by atoms with Crippen molar-refractivity contribution < 1.29 is 9.53 Å². The van der Waals surface area contributed by atoms with E-state index in [0.29, 0.717) is 24.4 Å². The van der Waals surface area contributed by atoms with Gasteiger partial charge in [-0.15, -0.1) is 0 Å². The summed E-state index contributed by atoms with van der Waals surface area (Å²) < 4.78 is 4.73. The number of fused-ring (bicyclic) bond motifs is 1. The summed E-state index contributed by atoms with van der Waals surface area (Å²) in [7, 11) is 1.44. The van der Waals surface area contributed by atoms with Crippen LogP contribution in [0, 0.1) is 0 Å². The summed E-state index contributed by atoms with van der Waals surface area (Å²) in [6.45, 7) is 2.28. The maximum atomic E-state index is 11.3. The predicted molar refractivity (Wildman–Crippen MR) is 123 cm³/mol. The third-order valence-electron chi connectivity index (χ3n) is 6.50. The van der Waals surface area contributed by atoms with Crippen molar-refractivity contribution in [2.45, 2.75) is 57.0 Å². The Labute approximate surface area is 179 Å². The molecule has 1 N–H and O–H groups in total. The van der Waals surface area contributed by atoms with Crippen molar-refractivity contribution in [3.8, 4) is 0 Å². The molecule has 156 valence electrons. The molecular formula is C27H31NO2. The molecule has 0 spiro atoms. The van der Waals surface area contributed by atoms with Crippen molar-refractivity contribution in [2.75, 3.05) is 7.11 Å². The third-order valence-corrected chi connectivity index (χ3v) is 6.50. The highest BCUT2D eigenvalue weighted by Crippen LogP contribution is 2.36. The fraction of sp³-hybridized carbons (Fsp3) is 0.370. The molecule has 0 aliphatic heterocycles. The minimum Gasteiger partial charge on any atom is -0.469 e. The van der Waals surface area contributed by atoms with Gasteiger partial charge in [0.1, 0.15) is 0 Å². The molecule has 0 saturated heterocycles. The lowest BCUT2D eigenvalue weighted by Crippen LogP contribution is -2.29. The van der Waals surface area contributed by atoms with Crippen molar-refractivity contribution >= 4 is 16.7 Å². The number of rotatable bonds is 7. The standard InChI is InChI=1S/C27H31NO2/c1-19(25-9-5-7-22-6-3-4-8-26(22)25)28-24-16-15-23(18-24)21-13-10-20(11-14-21)12-17-27(29)30-2/h3-11,13-14,19,23-24,28H,12,15-18H2,1-2H3. The first-order valence-electron chi connectivity index (χ1n) is 11.0. The molecule has 1 fully saturated rings. The van der Waals surface area contributed by atoms with Gasteiger partial charge in [0.05, 0.1) is 7.11 Å². The number of carbonyl (C=O) groups excluding carboxylic acids is 1. The lowest BCUT2D eigenvalue weighted by atomic mass is 9.95. The van der Waals surface area contributed by atoms with Crippen LogP contribution in [-0.2, 0) is 16.0 Å². The molecule has 3 aromatic carbocycles. The summed E-state index contributed by atoms with van der Waals surface area (Å²) in [6, 6.07) is 24.9. The molecule has 0 aromatic heterocycles. The SMILES string of the molecule is COC(=O)CCc1ccc(C2CCC(NC(C)c3cccc4ccccc34)C2)cc1. The number of carbonyl (C=O) groups is 1. The summed E-state index contributed by atoms with van der Waals surface area (Å²) in [6.07, 6.45) is 4.80. The number of aryl methyl sites for hydroxylation is 1. The Morgan fingerprint density at radius 1 is 1.03 bits per heavy atom. The van der Waals surface area contributed by atoms with Crippen LogP contribution >= 0.6 is 0 Å². The van der Waals surface area contributed by atoms with E-state index in [2.05, 4.69) is 79.0 Å². The van der Waals surface area contributed by atoms with Crippen LogP contribution < -0.4 is 5.32 Å². The number of nitrogens with one attached hydrogen (secondary N) is 1. The fourth-order valence-corrected chi connectivity index (χ4v) is 4.81. The van der Waals surface area contributed by atoms with Gasteiger partial charge in [0.2, 0.25) is 0 Å². The highest BCUT2D eigenvalue weighted by Gasteiger charge is 2.27. The van der Waals surface area contributed by atoms with E-state index < -0.39 is 0 Å². The Kier molecular flexibility index (Phi) is 6.49. The zero-order chi connectivity index (χ0) is 20.9. The van der Waals surface area contributed by atoms with Crippen molar-refractivity contribution in [1.82, 2.24) is 5.32 Å². The lowest BCUT2D eigenvalue weighted by molar-refractivity contribution is -0.140. The van der Waals surface area contributed by atoms with Gasteiger partial charge >= 0.3 is 5.97 Å². The molecule has 0 heterocycles. The molecule has 3 nitrogen and oxygen atoms in total. The van der Waals surface area contributed by atoms with E-state index in [1.807, 2.05) is 0 Å². The summed E-state index contributed by atoms with van der Waals surface area (Å²) >= 11 is 0. The van der Waals surface area contributed by atoms with Gasteiger partial charge in [-0.25, -0.2) is 0 Å². The maximum absolute atomic E-state index is 11.3. The van der Waals surface area contributed by atoms with Crippen molar-refractivity contribution in [2.24, 2.45) is 0 Å². The predicted octanol–water partition coefficient (Wildman–Crippen LogP) is 5.93. The first-order chi connectivity index (χ1) is 14.6. The molecule has 3 atom stereocenters. The van der Waals surface area contributed by atoms with Gasteiger partial charge in [-0.05, 0) is 66.0 Å². The Hall–Kier alpha value is -2.65. The Morgan fingerprint density at radius 3 is 2.60 bits per heavy atom. The van der Waals surface area contributed by atoms with Crippen LogP contribution in [0.2, 0.25) is 0 Å². The highest BCUT2D eigenvalue weighted by atomic mass is 16.5. The minimum absolute atomic E-state index is 0.149. The van der Waals surface area contributed by atoms with Gasteiger partial charge in [0, 0.05) is 18.5 Å². The van der Waals surface area contributed by atoms with Gasteiger partial charge in [0.25, 0.3) is 0 Å². The number of hydrogen-bond donors (Lipinski definition) is 1. The van der Waals surface area contributed by atoms with E-state index in [4.69, 9.17) is 4.74 Å². The maximum Gasteiger partial charge on any atom is 0.305 e. The van der Waals surface area contributed by atoms with Crippen molar-refractivity contribution in [1.29, 1.82) is 0 Å². The van der Waals surface area contributed by atoms with Crippen LogP contribution in [-0.4, -0.2) is 19.1 Å². The van der Waals surface area contributed by atoms with Crippen molar-refractivity contribution in [3.63, 3.8) is 0 Å². The smallest absolute Gasteiger partial charge is 0.305 e. The summed E-state index contributed by atoms with van der Waals surface area (Å²) in [5.41, 5.74) is 3.99. The second kappa shape index (κ2) is 9.44. The van der Waals surface area contributed by atoms with E-state index >= 15 is 0 Å². The van der Waals surface area contributed by atoms with Crippen LogP contribution in [0.1, 0.15) is 61.3 Å². The summed E-state index contributed by atoms with van der Waals surface area (Å²) in [5.74, 6) is 0.459. The van der Waals surface area contributed by atoms with Gasteiger partial charge in [-0.1, -0.05) is 66.7 Å². The molecule has 0 amide bonds. The van der Waals surface area contributed by atoms with Crippen LogP contribution in [0.5, 0.6) is 0 Å². The average Bonchev–Trinajstić information content (AvgIpc) is 3.25. The number of methoxy groups -OCH3 is 1. The Balaban J connectivity index is 1.35. The second-order valence-corrected chi connectivity index (χ2v) is 8.48. The molecule has 3 unspecified atom stereocenters. The van der Waals surface area contributed by atoms with Crippen LogP contribution in [0.15, 0.2) is 66.7 Å². The van der Waals surface area contributed by atoms with Gasteiger partial charge in [0.15, 0.2) is 0 Å². The topological polar surface area (TPSA) is 38.3 Å². The van der Waals surface area contributed by atoms with Gasteiger partial charge < -0.3 is 10.1 Å². The minimum atomic E-state index is -0.149. The number of ether oxygens (including phenoxy) is 1. The first kappa shape index (κ1) is 20.6. The Morgan fingerprint density at radius 2 is 1.80 bits per heavy atom. The number of benzene rings is 3. The zero-order valence-electron chi connectivity index (χ0n) is 17.9. The molecular weight excluding hydrogens is 370 g/mol.